The second-order valence-electron chi connectivity index (χ2n) is 10.6. The maximum Gasteiger partial charge on any atom is 0.204 e. The van der Waals surface area contributed by atoms with Gasteiger partial charge in [-0.25, -0.2) is 9.83 Å². The van der Waals surface area contributed by atoms with E-state index < -0.39 is 0 Å². The molecule has 0 radical (unpaired) electrons. The maximum absolute atomic E-state index is 9.56. The Morgan fingerprint density at radius 3 is 2.07 bits per heavy atom. The number of fused-ring (bicyclic) bond motifs is 10. The molecule has 43 heavy (non-hydrogen) atoms. The van der Waals surface area contributed by atoms with E-state index in [1.165, 1.54) is 15.5 Å². The van der Waals surface area contributed by atoms with Gasteiger partial charge in [0.05, 0.1) is 40.3 Å². The van der Waals surface area contributed by atoms with Crippen LogP contribution in [0.5, 0.6) is 0 Å². The molecule has 4 aromatic heterocycles. The van der Waals surface area contributed by atoms with Gasteiger partial charge in [0.1, 0.15) is 11.6 Å². The zero-order chi connectivity index (χ0) is 28.7. The van der Waals surface area contributed by atoms with E-state index in [4.69, 9.17) is 11.6 Å². The molecule has 0 N–H and O–H groups in total. The highest BCUT2D eigenvalue weighted by Gasteiger charge is 2.20. The third kappa shape index (κ3) is 3.21. The molecule has 0 atom stereocenters. The Kier molecular flexibility index (Phi) is 4.84. The fourth-order valence-electron chi connectivity index (χ4n) is 6.62. The van der Waals surface area contributed by atoms with Crippen molar-refractivity contribution in [2.45, 2.75) is 0 Å². The predicted octanol–water partition coefficient (Wildman–Crippen LogP) is 10.1. The number of para-hydroxylation sites is 2. The van der Waals surface area contributed by atoms with Gasteiger partial charge in [-0.2, -0.15) is 5.26 Å². The van der Waals surface area contributed by atoms with Gasteiger partial charge < -0.3 is 0 Å². The summed E-state index contributed by atoms with van der Waals surface area (Å²) in [6, 6.07) is 41.4. The minimum atomic E-state index is 0.637. The highest BCUT2D eigenvalue weighted by atomic mass is 32.1. The zero-order valence-electron chi connectivity index (χ0n) is 22.6. The van der Waals surface area contributed by atoms with Crippen LogP contribution in [-0.4, -0.2) is 14.1 Å². The summed E-state index contributed by atoms with van der Waals surface area (Å²) in [5, 5.41) is 16.3. The van der Waals surface area contributed by atoms with E-state index in [0.717, 1.165) is 59.9 Å². The molecule has 0 unspecified atom stereocenters. The van der Waals surface area contributed by atoms with Crippen LogP contribution in [0.4, 0.5) is 5.69 Å². The van der Waals surface area contributed by atoms with E-state index in [1.807, 2.05) is 48.5 Å². The van der Waals surface area contributed by atoms with Gasteiger partial charge in [-0.3, -0.25) is 9.13 Å². The van der Waals surface area contributed by atoms with E-state index in [2.05, 4.69) is 86.8 Å². The summed E-state index contributed by atoms with van der Waals surface area (Å²) in [4.78, 5) is 9.08. The van der Waals surface area contributed by atoms with Crippen molar-refractivity contribution < 1.29 is 0 Å². The Bertz CT molecular complexity index is 2710. The fraction of sp³-hybridized carbons (Fsp3) is 0. The van der Waals surface area contributed by atoms with Crippen molar-refractivity contribution in [2.75, 3.05) is 0 Å². The lowest BCUT2D eigenvalue weighted by atomic mass is 10.1. The van der Waals surface area contributed by atoms with Gasteiger partial charge in [0.25, 0.3) is 0 Å². The van der Waals surface area contributed by atoms with Crippen LogP contribution in [-0.2, 0) is 0 Å². The van der Waals surface area contributed by atoms with Crippen molar-refractivity contribution in [1.29, 1.82) is 5.26 Å². The van der Waals surface area contributed by atoms with E-state index in [1.54, 1.807) is 11.3 Å². The van der Waals surface area contributed by atoms with E-state index in [9.17, 15) is 5.26 Å². The summed E-state index contributed by atoms with van der Waals surface area (Å²) >= 11 is 1.68. The number of nitrogens with zero attached hydrogens (tertiary/aromatic N) is 5. The minimum absolute atomic E-state index is 0.637. The zero-order valence-corrected chi connectivity index (χ0v) is 23.4. The van der Waals surface area contributed by atoms with Crippen LogP contribution >= 0.6 is 11.3 Å². The third-order valence-corrected chi connectivity index (χ3v) is 9.57. The van der Waals surface area contributed by atoms with Crippen LogP contribution < -0.4 is 0 Å². The van der Waals surface area contributed by atoms with E-state index >= 15 is 0 Å². The van der Waals surface area contributed by atoms with Crippen LogP contribution in [0, 0.1) is 17.9 Å². The number of hydrogen-bond acceptors (Lipinski definition) is 3. The molecule has 0 saturated carbocycles. The molecule has 5 nitrogen and oxygen atoms in total. The molecule has 0 bridgehead atoms. The van der Waals surface area contributed by atoms with Crippen molar-refractivity contribution in [3.8, 4) is 17.7 Å². The molecule has 0 aliphatic carbocycles. The van der Waals surface area contributed by atoms with Gasteiger partial charge in [-0.15, -0.1) is 11.3 Å². The standard InChI is InChI=1S/C37H19N5S/c1-39-27-11-6-10-25-36-32(43-37(25)27)19-18-31-35(36)24-9-3-5-13-29(24)42(31)34-15-7-14-33(40-34)41-28-12-4-2-8-23(28)26-20-22(21-38)16-17-30(26)41/h2-20H. The van der Waals surface area contributed by atoms with Crippen LogP contribution in [0.2, 0.25) is 0 Å². The number of nitriles is 1. The average molecular weight is 566 g/mol. The van der Waals surface area contributed by atoms with Crippen molar-refractivity contribution >= 4 is 80.8 Å². The molecule has 0 fully saturated rings. The number of aromatic nitrogens is 3. The number of pyridine rings is 1. The first kappa shape index (κ1) is 23.7. The molecule has 0 amide bonds. The molecule has 0 aliphatic rings. The first-order chi connectivity index (χ1) is 21.2. The number of rotatable bonds is 2. The predicted molar refractivity (Wildman–Crippen MR) is 177 cm³/mol. The number of hydrogen-bond donors (Lipinski definition) is 0. The smallest absolute Gasteiger partial charge is 0.204 e. The van der Waals surface area contributed by atoms with Gasteiger partial charge in [0.2, 0.25) is 5.69 Å². The molecule has 6 heteroatoms. The second-order valence-corrected chi connectivity index (χ2v) is 11.7. The van der Waals surface area contributed by atoms with Crippen molar-refractivity contribution in [2.24, 2.45) is 0 Å². The summed E-state index contributed by atoms with van der Waals surface area (Å²) in [5.41, 5.74) is 5.54. The Morgan fingerprint density at radius 1 is 0.628 bits per heavy atom. The summed E-state index contributed by atoms with van der Waals surface area (Å²) in [5.74, 6) is 1.63. The average Bonchev–Trinajstić information content (AvgIpc) is 3.72. The van der Waals surface area contributed by atoms with Crippen molar-refractivity contribution in [3.05, 3.63) is 132 Å². The van der Waals surface area contributed by atoms with E-state index in [0.29, 0.717) is 11.3 Å². The molecule has 0 spiro atoms. The van der Waals surface area contributed by atoms with E-state index in [-0.39, 0.29) is 0 Å². The van der Waals surface area contributed by atoms with Gasteiger partial charge in [-0.1, -0.05) is 60.7 Å². The summed E-state index contributed by atoms with van der Waals surface area (Å²) < 4.78 is 6.63. The Hall–Kier alpha value is -5.95. The first-order valence-electron chi connectivity index (χ1n) is 13.9. The topological polar surface area (TPSA) is 50.9 Å². The highest BCUT2D eigenvalue weighted by molar-refractivity contribution is 7.26. The van der Waals surface area contributed by atoms with Gasteiger partial charge in [0, 0.05) is 36.3 Å². The normalized spacial score (nSPS) is 11.7. The van der Waals surface area contributed by atoms with Crippen LogP contribution in [0.3, 0.4) is 0 Å². The quantitative estimate of drug-likeness (QED) is 0.196. The Balaban J connectivity index is 1.36. The van der Waals surface area contributed by atoms with Crippen LogP contribution in [0.25, 0.3) is 80.3 Å². The maximum atomic E-state index is 9.56. The molecule has 4 heterocycles. The van der Waals surface area contributed by atoms with Crippen LogP contribution in [0.1, 0.15) is 5.56 Å². The Labute approximate surface area is 249 Å². The Morgan fingerprint density at radius 2 is 1.28 bits per heavy atom. The second kappa shape index (κ2) is 8.77. The minimum Gasteiger partial charge on any atom is -0.294 e. The molecule has 5 aromatic carbocycles. The molecule has 0 aliphatic heterocycles. The van der Waals surface area contributed by atoms with Crippen molar-refractivity contribution in [1.82, 2.24) is 14.1 Å². The molecule has 9 rings (SSSR count). The van der Waals surface area contributed by atoms with Crippen LogP contribution in [0.15, 0.2) is 115 Å². The van der Waals surface area contributed by atoms with Gasteiger partial charge >= 0.3 is 0 Å². The van der Waals surface area contributed by atoms with Gasteiger partial charge in [0.15, 0.2) is 0 Å². The molecular weight excluding hydrogens is 547 g/mol. The molecule has 9 aromatic rings. The lowest BCUT2D eigenvalue weighted by Crippen LogP contribution is -2.03. The summed E-state index contributed by atoms with van der Waals surface area (Å²) in [7, 11) is 0. The van der Waals surface area contributed by atoms with Crippen molar-refractivity contribution in [3.63, 3.8) is 0 Å². The molecule has 198 valence electrons. The van der Waals surface area contributed by atoms with Gasteiger partial charge in [-0.05, 0) is 60.0 Å². The fourth-order valence-corrected chi connectivity index (χ4v) is 7.79. The monoisotopic (exact) mass is 565 g/mol. The lowest BCUT2D eigenvalue weighted by Gasteiger charge is -2.11. The number of thiophene rings is 1. The number of benzene rings is 5. The largest absolute Gasteiger partial charge is 0.294 e. The lowest BCUT2D eigenvalue weighted by molar-refractivity contribution is 1.01. The molecular formula is C37H19N5S. The highest BCUT2D eigenvalue weighted by Crippen LogP contribution is 2.45. The first-order valence-corrected chi connectivity index (χ1v) is 14.7. The summed E-state index contributed by atoms with van der Waals surface area (Å²) in [6.45, 7) is 7.71. The summed E-state index contributed by atoms with van der Waals surface area (Å²) in [6.07, 6.45) is 0. The molecule has 0 saturated heterocycles. The third-order valence-electron chi connectivity index (χ3n) is 8.38. The SMILES string of the molecule is [C-]#[N+]c1cccc2c1sc1ccc3c(c4ccccc4n3-c3cccc(-n4c5ccccc5c5cc(C#N)ccc54)n3)c12.